The maximum Gasteiger partial charge on any atom is 0.0123 e. The maximum absolute atomic E-state index is 4.80. The normalized spacial score (nSPS) is 25.6. The standard InChI is InChI=1S/C42H48/c1-7-10-27(3)32-16-18-34(19-17-32)36-15-14-31(23-36)24-38-26-39-22-29(5)40(28(4)11-8-2)42(41(39)30(38)6)37-21-20-33-12-9-13-35(33)25-37/h14-22,24-25,29,40-42H,3-4,6-13,23,26H2,1-2,5H3. The smallest absolute Gasteiger partial charge is 0.0123 e. The first-order chi connectivity index (χ1) is 20.4. The van der Waals surface area contributed by atoms with Crippen LogP contribution in [0.2, 0.25) is 0 Å². The van der Waals surface area contributed by atoms with E-state index in [-0.39, 0.29) is 0 Å². The predicted molar refractivity (Wildman–Crippen MR) is 182 cm³/mol. The summed E-state index contributed by atoms with van der Waals surface area (Å²) in [6.45, 7) is 20.7. The van der Waals surface area contributed by atoms with E-state index < -0.39 is 0 Å². The summed E-state index contributed by atoms with van der Waals surface area (Å²) in [5, 5.41) is 0. The molecule has 0 heteroatoms. The highest BCUT2D eigenvalue weighted by atomic mass is 14.5. The lowest BCUT2D eigenvalue weighted by Crippen LogP contribution is -2.31. The summed E-state index contributed by atoms with van der Waals surface area (Å²) >= 11 is 0. The van der Waals surface area contributed by atoms with Crippen LogP contribution in [0.4, 0.5) is 0 Å². The van der Waals surface area contributed by atoms with E-state index in [1.807, 2.05) is 0 Å². The Morgan fingerprint density at radius 3 is 2.43 bits per heavy atom. The first-order valence-electron chi connectivity index (χ1n) is 16.5. The molecule has 4 aliphatic rings. The fraction of sp³-hybridized carbons (Fsp3) is 0.381. The van der Waals surface area contributed by atoms with Gasteiger partial charge in [0.25, 0.3) is 0 Å². The Morgan fingerprint density at radius 1 is 0.905 bits per heavy atom. The molecule has 0 radical (unpaired) electrons. The maximum atomic E-state index is 4.80. The monoisotopic (exact) mass is 552 g/mol. The van der Waals surface area contributed by atoms with Crippen molar-refractivity contribution in [2.75, 3.05) is 0 Å². The topological polar surface area (TPSA) is 0 Å². The van der Waals surface area contributed by atoms with Crippen LogP contribution < -0.4 is 0 Å². The van der Waals surface area contributed by atoms with Gasteiger partial charge < -0.3 is 0 Å². The van der Waals surface area contributed by atoms with Crippen molar-refractivity contribution in [3.63, 3.8) is 0 Å². The molecule has 4 atom stereocenters. The zero-order valence-corrected chi connectivity index (χ0v) is 26.1. The van der Waals surface area contributed by atoms with Crippen LogP contribution in [0.1, 0.15) is 99.5 Å². The molecule has 2 aromatic carbocycles. The largest absolute Gasteiger partial charge is 0.0995 e. The molecule has 0 saturated heterocycles. The van der Waals surface area contributed by atoms with Crippen LogP contribution in [0, 0.1) is 17.8 Å². The molecule has 2 aromatic rings. The van der Waals surface area contributed by atoms with Gasteiger partial charge in [0.1, 0.15) is 0 Å². The fourth-order valence-corrected chi connectivity index (χ4v) is 8.34. The Balaban J connectivity index is 1.25. The second-order valence-corrected chi connectivity index (χ2v) is 13.3. The predicted octanol–water partition coefficient (Wildman–Crippen LogP) is 11.5. The Hall–Kier alpha value is -3.38. The van der Waals surface area contributed by atoms with Gasteiger partial charge in [-0.2, -0.15) is 0 Å². The Labute approximate surface area is 255 Å². The second-order valence-electron chi connectivity index (χ2n) is 13.3. The van der Waals surface area contributed by atoms with Crippen LogP contribution >= 0.6 is 0 Å². The molecule has 4 unspecified atom stereocenters. The van der Waals surface area contributed by atoms with Crippen LogP contribution in [-0.4, -0.2) is 0 Å². The number of hydrogen-bond donors (Lipinski definition) is 0. The van der Waals surface area contributed by atoms with Crippen molar-refractivity contribution in [1.29, 1.82) is 0 Å². The summed E-state index contributed by atoms with van der Waals surface area (Å²) in [7, 11) is 0. The zero-order chi connectivity index (χ0) is 29.4. The second kappa shape index (κ2) is 12.1. The highest BCUT2D eigenvalue weighted by molar-refractivity contribution is 5.75. The molecule has 0 nitrogen and oxygen atoms in total. The molecule has 0 aliphatic heterocycles. The van der Waals surface area contributed by atoms with E-state index >= 15 is 0 Å². The molecular formula is C42H48. The van der Waals surface area contributed by atoms with Crippen molar-refractivity contribution in [2.24, 2.45) is 17.8 Å². The lowest BCUT2D eigenvalue weighted by molar-refractivity contribution is 0.322. The van der Waals surface area contributed by atoms with E-state index in [1.165, 1.54) is 69.4 Å². The lowest BCUT2D eigenvalue weighted by Gasteiger charge is -2.41. The van der Waals surface area contributed by atoms with Gasteiger partial charge in [-0.15, -0.1) is 0 Å². The molecule has 216 valence electrons. The van der Waals surface area contributed by atoms with Gasteiger partial charge in [-0.1, -0.05) is 131 Å². The van der Waals surface area contributed by atoms with Gasteiger partial charge in [0.2, 0.25) is 0 Å². The molecule has 1 saturated carbocycles. The molecule has 0 bridgehead atoms. The lowest BCUT2D eigenvalue weighted by atomic mass is 9.62. The van der Waals surface area contributed by atoms with Gasteiger partial charge >= 0.3 is 0 Å². The summed E-state index contributed by atoms with van der Waals surface area (Å²) < 4.78 is 0. The number of aryl methyl sites for hydroxylation is 2. The summed E-state index contributed by atoms with van der Waals surface area (Å²) in [5.74, 6) is 1.76. The van der Waals surface area contributed by atoms with Gasteiger partial charge in [0.05, 0.1) is 0 Å². The molecule has 6 rings (SSSR count). The molecule has 0 amide bonds. The molecular weight excluding hydrogens is 504 g/mol. The van der Waals surface area contributed by atoms with Crippen molar-refractivity contribution in [3.05, 3.63) is 142 Å². The van der Waals surface area contributed by atoms with Crippen LogP contribution in [0.15, 0.2) is 114 Å². The minimum Gasteiger partial charge on any atom is -0.0995 e. The van der Waals surface area contributed by atoms with E-state index in [9.17, 15) is 0 Å². The Bertz CT molecular complexity index is 1530. The minimum atomic E-state index is 0.378. The molecule has 0 aromatic heterocycles. The number of hydrogen-bond acceptors (Lipinski definition) is 0. The van der Waals surface area contributed by atoms with Crippen LogP contribution in [-0.2, 0) is 12.8 Å². The van der Waals surface area contributed by atoms with Crippen molar-refractivity contribution in [1.82, 2.24) is 0 Å². The quantitative estimate of drug-likeness (QED) is 0.271. The van der Waals surface area contributed by atoms with Crippen molar-refractivity contribution in [2.45, 2.75) is 84.5 Å². The van der Waals surface area contributed by atoms with E-state index in [4.69, 9.17) is 6.58 Å². The van der Waals surface area contributed by atoms with Crippen LogP contribution in [0.3, 0.4) is 0 Å². The average molecular weight is 553 g/mol. The van der Waals surface area contributed by atoms with Crippen molar-refractivity contribution < 1.29 is 0 Å². The number of rotatable bonds is 9. The van der Waals surface area contributed by atoms with E-state index in [0.717, 1.165) is 38.5 Å². The minimum absolute atomic E-state index is 0.378. The third kappa shape index (κ3) is 5.42. The fourth-order valence-electron chi connectivity index (χ4n) is 8.34. The Morgan fingerprint density at radius 2 is 1.67 bits per heavy atom. The SMILES string of the molecule is C=C(CCC)c1ccc(C2=CC=C(C=C3CC4=CC(C)C(C(=C)CCC)C(c5ccc6c(c5)CCC6)C4C3=C)C2)cc1. The molecule has 1 fully saturated rings. The first kappa shape index (κ1) is 28.7. The number of allylic oxidation sites excluding steroid dienone is 11. The van der Waals surface area contributed by atoms with Crippen molar-refractivity contribution >= 4 is 11.1 Å². The zero-order valence-electron chi connectivity index (χ0n) is 26.1. The molecule has 0 heterocycles. The van der Waals surface area contributed by atoms with Gasteiger partial charge in [-0.3, -0.25) is 0 Å². The summed E-state index contributed by atoms with van der Waals surface area (Å²) in [6, 6.07) is 16.5. The third-order valence-electron chi connectivity index (χ3n) is 10.4. The molecule has 42 heavy (non-hydrogen) atoms. The van der Waals surface area contributed by atoms with Gasteiger partial charge in [-0.05, 0) is 112 Å². The van der Waals surface area contributed by atoms with Crippen molar-refractivity contribution in [3.8, 4) is 0 Å². The highest BCUT2D eigenvalue weighted by Crippen LogP contribution is 2.57. The van der Waals surface area contributed by atoms with Crippen LogP contribution in [0.5, 0.6) is 0 Å². The number of benzene rings is 2. The first-order valence-corrected chi connectivity index (χ1v) is 16.5. The summed E-state index contributed by atoms with van der Waals surface area (Å²) in [5.41, 5.74) is 17.0. The number of fused-ring (bicyclic) bond motifs is 2. The van der Waals surface area contributed by atoms with Crippen LogP contribution in [0.25, 0.3) is 11.1 Å². The van der Waals surface area contributed by atoms with E-state index in [0.29, 0.717) is 23.7 Å². The molecule has 4 aliphatic carbocycles. The van der Waals surface area contributed by atoms with E-state index in [2.05, 4.69) is 101 Å². The Kier molecular flexibility index (Phi) is 8.26. The summed E-state index contributed by atoms with van der Waals surface area (Å²) in [4.78, 5) is 0. The van der Waals surface area contributed by atoms with Gasteiger partial charge in [0, 0.05) is 11.8 Å². The van der Waals surface area contributed by atoms with E-state index in [1.54, 1.807) is 16.7 Å². The average Bonchev–Trinajstić information content (AvgIpc) is 3.72. The highest BCUT2D eigenvalue weighted by Gasteiger charge is 2.45. The third-order valence-corrected chi connectivity index (χ3v) is 10.4. The van der Waals surface area contributed by atoms with Gasteiger partial charge in [-0.25, -0.2) is 0 Å². The molecule has 0 spiro atoms. The summed E-state index contributed by atoms with van der Waals surface area (Å²) in [6.07, 6.45) is 19.9. The van der Waals surface area contributed by atoms with Gasteiger partial charge in [0.15, 0.2) is 0 Å². The molecule has 0 N–H and O–H groups in total.